The van der Waals surface area contributed by atoms with Gasteiger partial charge >= 0.3 is 0 Å². The molecular formula is C31H34N2O3. The fourth-order valence-electron chi connectivity index (χ4n) is 4.20. The number of rotatable bonds is 12. The van der Waals surface area contributed by atoms with Gasteiger partial charge in [-0.3, -0.25) is 4.90 Å². The Hall–Kier alpha value is -3.64. The first-order valence-corrected chi connectivity index (χ1v) is 12.3. The summed E-state index contributed by atoms with van der Waals surface area (Å²) in [5.41, 5.74) is 10.7. The van der Waals surface area contributed by atoms with Crippen LogP contribution in [0.1, 0.15) is 34.8 Å². The van der Waals surface area contributed by atoms with Crippen LogP contribution in [0, 0.1) is 0 Å². The number of aliphatic hydroxyl groups excluding tert-OH is 2. The van der Waals surface area contributed by atoms with E-state index in [1.54, 1.807) is 12.1 Å². The maximum absolute atomic E-state index is 11.1. The predicted octanol–water partition coefficient (Wildman–Crippen LogP) is 5.33. The van der Waals surface area contributed by atoms with E-state index in [-0.39, 0.29) is 6.54 Å². The Morgan fingerprint density at radius 1 is 0.722 bits per heavy atom. The largest absolute Gasteiger partial charge is 0.487 e. The molecule has 0 bridgehead atoms. The van der Waals surface area contributed by atoms with Gasteiger partial charge < -0.3 is 20.7 Å². The molecule has 0 unspecified atom stereocenters. The lowest BCUT2D eigenvalue weighted by atomic mass is 10.1. The van der Waals surface area contributed by atoms with E-state index in [0.717, 1.165) is 17.5 Å². The van der Waals surface area contributed by atoms with E-state index in [9.17, 15) is 10.2 Å². The Bertz CT molecular complexity index is 1190. The summed E-state index contributed by atoms with van der Waals surface area (Å²) in [4.78, 5) is 1.92. The molecule has 0 radical (unpaired) electrons. The highest BCUT2D eigenvalue weighted by atomic mass is 16.5. The van der Waals surface area contributed by atoms with Gasteiger partial charge in [0.1, 0.15) is 18.6 Å². The number of nitrogen functional groups attached to an aromatic ring is 1. The number of ether oxygens (including phenoxy) is 1. The van der Waals surface area contributed by atoms with Crippen molar-refractivity contribution in [2.75, 3.05) is 12.3 Å². The van der Waals surface area contributed by atoms with E-state index < -0.39 is 12.3 Å². The van der Waals surface area contributed by atoms with Crippen LogP contribution in [0.2, 0.25) is 0 Å². The molecule has 0 aliphatic carbocycles. The average Bonchev–Trinajstić information content (AvgIpc) is 2.92. The number of aliphatic hydroxyl groups is 2. The minimum atomic E-state index is -0.814. The summed E-state index contributed by atoms with van der Waals surface area (Å²) in [6.07, 6.45) is -0.196. The average molecular weight is 483 g/mol. The van der Waals surface area contributed by atoms with Crippen molar-refractivity contribution in [1.82, 2.24) is 4.90 Å². The van der Waals surface area contributed by atoms with Crippen LogP contribution in [0.4, 0.5) is 5.69 Å². The molecule has 4 rings (SSSR count). The summed E-state index contributed by atoms with van der Waals surface area (Å²) in [5, 5.41) is 22.2. The Kier molecular flexibility index (Phi) is 9.11. The van der Waals surface area contributed by atoms with Crippen molar-refractivity contribution in [3.8, 4) is 5.75 Å². The minimum absolute atomic E-state index is 0.272. The van der Waals surface area contributed by atoms with Gasteiger partial charge in [0.2, 0.25) is 0 Å². The van der Waals surface area contributed by atoms with Crippen LogP contribution in [0.15, 0.2) is 109 Å². The highest BCUT2D eigenvalue weighted by Crippen LogP contribution is 2.28. The van der Waals surface area contributed by atoms with Crippen LogP contribution in [-0.4, -0.2) is 27.9 Å². The molecule has 0 aromatic heterocycles. The van der Waals surface area contributed by atoms with Gasteiger partial charge in [-0.05, 0) is 47.2 Å². The van der Waals surface area contributed by atoms with Gasteiger partial charge in [-0.1, -0.05) is 97.1 Å². The summed E-state index contributed by atoms with van der Waals surface area (Å²) in [6.45, 7) is 1.22. The topological polar surface area (TPSA) is 79.0 Å². The summed E-state index contributed by atoms with van der Waals surface area (Å²) in [7, 11) is 0. The van der Waals surface area contributed by atoms with Gasteiger partial charge in [0.15, 0.2) is 0 Å². The molecule has 4 aromatic carbocycles. The van der Waals surface area contributed by atoms with Crippen molar-refractivity contribution in [1.29, 1.82) is 0 Å². The van der Waals surface area contributed by atoms with Crippen molar-refractivity contribution in [2.24, 2.45) is 0 Å². The highest BCUT2D eigenvalue weighted by Gasteiger charge is 2.21. The molecule has 0 heterocycles. The van der Waals surface area contributed by atoms with Crippen LogP contribution in [0.25, 0.3) is 0 Å². The summed E-state index contributed by atoms with van der Waals surface area (Å²) >= 11 is 0. The van der Waals surface area contributed by atoms with E-state index in [1.807, 2.05) is 89.8 Å². The summed E-state index contributed by atoms with van der Waals surface area (Å²) in [6, 6.07) is 35.4. The monoisotopic (exact) mass is 482 g/mol. The van der Waals surface area contributed by atoms with E-state index in [0.29, 0.717) is 36.6 Å². The third-order valence-corrected chi connectivity index (χ3v) is 6.25. The molecule has 4 aromatic rings. The molecule has 5 nitrogen and oxygen atoms in total. The fraction of sp³-hybridized carbons (Fsp3) is 0.226. The van der Waals surface area contributed by atoms with Gasteiger partial charge in [-0.15, -0.1) is 0 Å². The number of nitrogens with zero attached hydrogens (tertiary/aromatic N) is 1. The second-order valence-electron chi connectivity index (χ2n) is 9.01. The number of nitrogens with two attached hydrogens (primary N) is 1. The number of anilines is 1. The second-order valence-corrected chi connectivity index (χ2v) is 9.01. The van der Waals surface area contributed by atoms with Crippen LogP contribution in [-0.2, 0) is 19.6 Å². The normalized spacial score (nSPS) is 12.9. The SMILES string of the molecule is Nc1cc([C@@H](O)CN(Cc2ccccc2)[C@@H](O)CCc2ccccc2)ccc1OCc1ccccc1. The molecule has 186 valence electrons. The van der Waals surface area contributed by atoms with Crippen molar-refractivity contribution in [2.45, 2.75) is 38.3 Å². The molecule has 0 aliphatic rings. The zero-order valence-corrected chi connectivity index (χ0v) is 20.4. The maximum atomic E-state index is 11.1. The Labute approximate surface area is 213 Å². The third kappa shape index (κ3) is 7.43. The molecule has 2 atom stereocenters. The van der Waals surface area contributed by atoms with Crippen LogP contribution in [0.5, 0.6) is 5.75 Å². The lowest BCUT2D eigenvalue weighted by Crippen LogP contribution is -2.38. The molecule has 0 saturated carbocycles. The van der Waals surface area contributed by atoms with Gasteiger partial charge in [-0.2, -0.15) is 0 Å². The van der Waals surface area contributed by atoms with Crippen molar-refractivity contribution in [3.05, 3.63) is 131 Å². The van der Waals surface area contributed by atoms with E-state index in [1.165, 1.54) is 5.56 Å². The summed E-state index contributed by atoms with van der Waals surface area (Å²) < 4.78 is 5.87. The van der Waals surface area contributed by atoms with E-state index in [2.05, 4.69) is 12.1 Å². The van der Waals surface area contributed by atoms with Crippen molar-refractivity contribution < 1.29 is 14.9 Å². The molecule has 36 heavy (non-hydrogen) atoms. The first-order chi connectivity index (χ1) is 17.6. The van der Waals surface area contributed by atoms with Gasteiger partial charge in [0.25, 0.3) is 0 Å². The molecule has 0 amide bonds. The Balaban J connectivity index is 1.42. The number of hydrogen-bond donors (Lipinski definition) is 3. The molecule has 0 spiro atoms. The summed E-state index contributed by atoms with van der Waals surface area (Å²) in [5.74, 6) is 0.582. The smallest absolute Gasteiger partial charge is 0.142 e. The first kappa shape index (κ1) is 25.5. The van der Waals surface area contributed by atoms with Gasteiger partial charge in [-0.25, -0.2) is 0 Å². The van der Waals surface area contributed by atoms with Crippen LogP contribution in [0.3, 0.4) is 0 Å². The predicted molar refractivity (Wildman–Crippen MR) is 144 cm³/mol. The van der Waals surface area contributed by atoms with Gasteiger partial charge in [0, 0.05) is 13.1 Å². The molecule has 0 fully saturated rings. The molecule has 4 N–H and O–H groups in total. The Morgan fingerprint density at radius 3 is 1.92 bits per heavy atom. The second kappa shape index (κ2) is 12.9. The Morgan fingerprint density at radius 2 is 1.31 bits per heavy atom. The molecule has 0 saturated heterocycles. The number of hydrogen-bond acceptors (Lipinski definition) is 5. The van der Waals surface area contributed by atoms with Gasteiger partial charge in [0.05, 0.1) is 11.8 Å². The van der Waals surface area contributed by atoms with Crippen molar-refractivity contribution in [3.63, 3.8) is 0 Å². The zero-order chi connectivity index (χ0) is 25.2. The molecule has 0 aliphatic heterocycles. The first-order valence-electron chi connectivity index (χ1n) is 12.3. The number of benzene rings is 4. The van der Waals surface area contributed by atoms with Crippen LogP contribution < -0.4 is 10.5 Å². The lowest BCUT2D eigenvalue weighted by Gasteiger charge is -2.30. The zero-order valence-electron chi connectivity index (χ0n) is 20.4. The lowest BCUT2D eigenvalue weighted by molar-refractivity contribution is -0.0332. The molecular weight excluding hydrogens is 448 g/mol. The third-order valence-electron chi connectivity index (χ3n) is 6.25. The quantitative estimate of drug-likeness (QED) is 0.188. The maximum Gasteiger partial charge on any atom is 0.142 e. The molecule has 5 heteroatoms. The number of aryl methyl sites for hydroxylation is 1. The van der Waals surface area contributed by atoms with Crippen LogP contribution >= 0.6 is 0 Å². The van der Waals surface area contributed by atoms with Crippen molar-refractivity contribution >= 4 is 5.69 Å². The van der Waals surface area contributed by atoms with E-state index >= 15 is 0 Å². The fourth-order valence-corrected chi connectivity index (χ4v) is 4.20. The van der Waals surface area contributed by atoms with E-state index in [4.69, 9.17) is 10.5 Å². The highest BCUT2D eigenvalue weighted by molar-refractivity contribution is 5.54. The standard InChI is InChI=1S/C31H34N2O3/c32-28-20-27(17-18-30(28)36-23-26-14-8-3-9-15-26)29(34)22-33(21-25-12-6-2-7-13-25)31(35)19-16-24-10-4-1-5-11-24/h1-15,17-18,20,29,31,34-35H,16,19,21-23,32H2/t29-,31-/m0/s1. The minimum Gasteiger partial charge on any atom is -0.487 e.